The molecule has 28 heavy (non-hydrogen) atoms. The number of hydrogen-bond acceptors (Lipinski definition) is 3. The van der Waals surface area contributed by atoms with E-state index in [1.54, 1.807) is 0 Å². The Labute approximate surface area is 170 Å². The molecule has 1 N–H and O–H groups in total. The lowest BCUT2D eigenvalue weighted by Gasteiger charge is -2.39. The largest absolute Gasteiger partial charge is 0.393 e. The fourth-order valence-electron chi connectivity index (χ4n) is 3.98. The highest BCUT2D eigenvalue weighted by atomic mass is 35.5. The van der Waals surface area contributed by atoms with Gasteiger partial charge in [-0.3, -0.25) is 9.69 Å². The van der Waals surface area contributed by atoms with Crippen molar-refractivity contribution in [2.24, 2.45) is 5.92 Å². The number of carbonyl (C=O) groups is 1. The van der Waals surface area contributed by atoms with Gasteiger partial charge in [-0.05, 0) is 30.4 Å². The first kappa shape index (κ1) is 23.0. The second-order valence-corrected chi connectivity index (χ2v) is 7.51. The van der Waals surface area contributed by atoms with Gasteiger partial charge in [0.25, 0.3) is 0 Å². The molecule has 0 aromatic heterocycles. The maximum Gasteiger partial charge on any atom is 0.393 e. The Morgan fingerprint density at radius 2 is 1.93 bits per heavy atom. The second-order valence-electron chi connectivity index (χ2n) is 7.51. The number of carbonyl (C=O) groups excluding carboxylic acids is 1. The maximum absolute atomic E-state index is 13.0. The lowest BCUT2D eigenvalue weighted by molar-refractivity contribution is -0.188. The molecule has 0 aliphatic carbocycles. The number of alkyl halides is 3. The van der Waals surface area contributed by atoms with E-state index in [0.717, 1.165) is 25.1 Å². The molecule has 2 aliphatic rings. The van der Waals surface area contributed by atoms with Crippen molar-refractivity contribution in [2.45, 2.75) is 38.4 Å². The minimum Gasteiger partial charge on any atom is -0.341 e. The number of amides is 1. The topological polar surface area (TPSA) is 35.6 Å². The van der Waals surface area contributed by atoms with Crippen LogP contribution in [0.15, 0.2) is 24.3 Å². The molecule has 158 valence electrons. The van der Waals surface area contributed by atoms with Gasteiger partial charge in [-0.15, -0.1) is 12.4 Å². The Bertz CT molecular complexity index is 639. The van der Waals surface area contributed by atoms with E-state index in [9.17, 15) is 18.0 Å². The van der Waals surface area contributed by atoms with Crippen LogP contribution in [0.3, 0.4) is 0 Å². The van der Waals surface area contributed by atoms with Gasteiger partial charge >= 0.3 is 6.18 Å². The summed E-state index contributed by atoms with van der Waals surface area (Å²) in [6, 6.07) is 8.45. The van der Waals surface area contributed by atoms with Crippen molar-refractivity contribution in [3.05, 3.63) is 35.4 Å². The lowest BCUT2D eigenvalue weighted by Crippen LogP contribution is -2.52. The molecule has 2 saturated heterocycles. The molecular formula is C20H29ClF3N3O. The monoisotopic (exact) mass is 419 g/mol. The lowest BCUT2D eigenvalue weighted by atomic mass is 9.97. The van der Waals surface area contributed by atoms with Gasteiger partial charge in [-0.25, -0.2) is 0 Å². The summed E-state index contributed by atoms with van der Waals surface area (Å²) in [5, 5.41) is 3.36. The van der Waals surface area contributed by atoms with Crippen LogP contribution in [0.5, 0.6) is 0 Å². The maximum atomic E-state index is 13.0. The zero-order chi connectivity index (χ0) is 19.4. The predicted octanol–water partition coefficient (Wildman–Crippen LogP) is 3.42. The Morgan fingerprint density at radius 1 is 1.21 bits per heavy atom. The summed E-state index contributed by atoms with van der Waals surface area (Å²) in [5.74, 6) is -1.59. The Kier molecular flexibility index (Phi) is 8.16. The normalized spacial score (nSPS) is 23.9. The van der Waals surface area contributed by atoms with Crippen molar-refractivity contribution in [3.8, 4) is 0 Å². The van der Waals surface area contributed by atoms with E-state index in [2.05, 4.69) is 41.4 Å². The number of nitrogens with one attached hydrogen (secondary N) is 1. The van der Waals surface area contributed by atoms with Crippen molar-refractivity contribution in [3.63, 3.8) is 0 Å². The molecule has 2 heterocycles. The van der Waals surface area contributed by atoms with Gasteiger partial charge in [0.1, 0.15) is 0 Å². The summed E-state index contributed by atoms with van der Waals surface area (Å²) in [7, 11) is 0. The molecular weight excluding hydrogens is 391 g/mol. The third-order valence-corrected chi connectivity index (χ3v) is 5.70. The van der Waals surface area contributed by atoms with Gasteiger partial charge in [-0.1, -0.05) is 31.2 Å². The van der Waals surface area contributed by atoms with Crippen LogP contribution in [0.4, 0.5) is 13.2 Å². The first-order valence-electron chi connectivity index (χ1n) is 9.76. The van der Waals surface area contributed by atoms with E-state index in [4.69, 9.17) is 0 Å². The number of piperazine rings is 1. The van der Waals surface area contributed by atoms with Crippen molar-refractivity contribution >= 4 is 18.3 Å². The van der Waals surface area contributed by atoms with Crippen LogP contribution in [-0.4, -0.2) is 61.2 Å². The number of nitrogens with zero attached hydrogens (tertiary/aromatic N) is 2. The highest BCUT2D eigenvalue weighted by molar-refractivity contribution is 5.85. The van der Waals surface area contributed by atoms with E-state index in [-0.39, 0.29) is 43.9 Å². The number of rotatable bonds is 4. The smallest absolute Gasteiger partial charge is 0.341 e. The summed E-state index contributed by atoms with van der Waals surface area (Å²) in [6.07, 6.45) is -2.72. The van der Waals surface area contributed by atoms with Gasteiger partial charge < -0.3 is 10.2 Å². The summed E-state index contributed by atoms with van der Waals surface area (Å²) in [5.41, 5.74) is 2.40. The molecule has 0 radical (unpaired) electrons. The van der Waals surface area contributed by atoms with Crippen LogP contribution in [0.2, 0.25) is 0 Å². The summed E-state index contributed by atoms with van der Waals surface area (Å²) in [6.45, 7) is 4.73. The molecule has 2 unspecified atom stereocenters. The van der Waals surface area contributed by atoms with Crippen LogP contribution in [-0.2, 0) is 11.2 Å². The molecule has 0 spiro atoms. The van der Waals surface area contributed by atoms with Crippen molar-refractivity contribution in [2.75, 3.05) is 39.3 Å². The molecule has 0 bridgehead atoms. The van der Waals surface area contributed by atoms with Crippen molar-refractivity contribution in [1.82, 2.24) is 15.1 Å². The van der Waals surface area contributed by atoms with Crippen LogP contribution in [0.1, 0.15) is 36.9 Å². The van der Waals surface area contributed by atoms with E-state index < -0.39 is 12.1 Å². The van der Waals surface area contributed by atoms with Crippen LogP contribution < -0.4 is 5.32 Å². The number of halogens is 4. The quantitative estimate of drug-likeness (QED) is 0.812. The van der Waals surface area contributed by atoms with Crippen molar-refractivity contribution < 1.29 is 18.0 Å². The summed E-state index contributed by atoms with van der Waals surface area (Å²) < 4.78 is 39.1. The molecule has 1 aromatic carbocycles. The van der Waals surface area contributed by atoms with Crippen LogP contribution in [0, 0.1) is 5.92 Å². The number of piperidine rings is 1. The molecule has 2 aliphatic heterocycles. The number of hydrogen-bond donors (Lipinski definition) is 1. The standard InChI is InChI=1S/C20H28F3N3O.ClH/c1-2-15-5-7-16(8-6-15)18-12-24-9-11-25(18)14-19(27)26-10-3-4-17(13-26)20(21,22)23;/h5-8,17-18,24H,2-4,9-14H2,1H3;1H. The van der Waals surface area contributed by atoms with Gasteiger partial charge in [0.05, 0.1) is 12.5 Å². The number of likely N-dealkylation sites (tertiary alicyclic amines) is 1. The summed E-state index contributed by atoms with van der Waals surface area (Å²) in [4.78, 5) is 16.2. The second kappa shape index (κ2) is 9.94. The fourth-order valence-corrected chi connectivity index (χ4v) is 3.98. The van der Waals surface area contributed by atoms with E-state index in [1.165, 1.54) is 10.5 Å². The molecule has 4 nitrogen and oxygen atoms in total. The fraction of sp³-hybridized carbons (Fsp3) is 0.650. The van der Waals surface area contributed by atoms with Gasteiger partial charge in [-0.2, -0.15) is 13.2 Å². The number of aryl methyl sites for hydroxylation is 1. The minimum absolute atomic E-state index is 0. The molecule has 0 saturated carbocycles. The van der Waals surface area contributed by atoms with E-state index >= 15 is 0 Å². The minimum atomic E-state index is -4.22. The Balaban J connectivity index is 0.00000280. The average Bonchev–Trinajstić information content (AvgIpc) is 2.68. The van der Waals surface area contributed by atoms with Gasteiger partial charge in [0, 0.05) is 38.8 Å². The van der Waals surface area contributed by atoms with Gasteiger partial charge in [0.2, 0.25) is 5.91 Å². The van der Waals surface area contributed by atoms with E-state index in [1.807, 2.05) is 0 Å². The highest BCUT2D eigenvalue weighted by Gasteiger charge is 2.43. The van der Waals surface area contributed by atoms with Gasteiger partial charge in [0.15, 0.2) is 0 Å². The average molecular weight is 420 g/mol. The van der Waals surface area contributed by atoms with Crippen LogP contribution >= 0.6 is 12.4 Å². The molecule has 1 amide bonds. The SMILES string of the molecule is CCc1ccc(C2CNCCN2CC(=O)N2CCCC(C(F)(F)F)C2)cc1.Cl. The third kappa shape index (κ3) is 5.61. The molecule has 2 fully saturated rings. The Morgan fingerprint density at radius 3 is 2.57 bits per heavy atom. The molecule has 1 aromatic rings. The highest BCUT2D eigenvalue weighted by Crippen LogP contribution is 2.33. The van der Waals surface area contributed by atoms with Crippen molar-refractivity contribution in [1.29, 1.82) is 0 Å². The van der Waals surface area contributed by atoms with E-state index in [0.29, 0.717) is 19.5 Å². The zero-order valence-corrected chi connectivity index (χ0v) is 17.0. The predicted molar refractivity (Wildman–Crippen MR) is 106 cm³/mol. The summed E-state index contributed by atoms with van der Waals surface area (Å²) >= 11 is 0. The first-order chi connectivity index (χ1) is 12.9. The first-order valence-corrected chi connectivity index (χ1v) is 9.76. The zero-order valence-electron chi connectivity index (χ0n) is 16.2. The Hall–Kier alpha value is -1.31. The van der Waals surface area contributed by atoms with Crippen LogP contribution in [0.25, 0.3) is 0 Å². The molecule has 2 atom stereocenters. The number of benzene rings is 1. The molecule has 3 rings (SSSR count). The third-order valence-electron chi connectivity index (χ3n) is 5.70. The molecule has 8 heteroatoms.